The highest BCUT2D eigenvalue weighted by atomic mass is 79.9. The number of β-amino-alcohol motifs (C(OH)–C–C–N with tert-alkyl or cyclic N) is 1. The summed E-state index contributed by atoms with van der Waals surface area (Å²) in [6, 6.07) is 3.78. The molecule has 1 fully saturated rings. The second-order valence-electron chi connectivity index (χ2n) is 8.10. The number of anilines is 1. The van der Waals surface area contributed by atoms with Crippen LogP contribution in [0.4, 0.5) is 5.95 Å². The molecule has 0 radical (unpaired) electrons. The third kappa shape index (κ3) is 5.13. The monoisotopic (exact) mass is 662 g/mol. The van der Waals surface area contributed by atoms with E-state index in [1.54, 1.807) is 7.05 Å². The molecule has 1 aliphatic rings. The number of rotatable bonds is 7. The van der Waals surface area contributed by atoms with Crippen molar-refractivity contribution in [3.8, 4) is 5.75 Å². The smallest absolute Gasteiger partial charge is 0.329 e. The summed E-state index contributed by atoms with van der Waals surface area (Å²) in [4.78, 5) is 35.7. The van der Waals surface area contributed by atoms with Crippen LogP contribution in [0.25, 0.3) is 11.2 Å². The van der Waals surface area contributed by atoms with Crippen molar-refractivity contribution in [2.24, 2.45) is 7.05 Å². The van der Waals surface area contributed by atoms with Gasteiger partial charge in [-0.25, -0.2) is 4.79 Å². The van der Waals surface area contributed by atoms with Gasteiger partial charge in [-0.15, -0.1) is 0 Å². The molecule has 1 saturated heterocycles. The number of aliphatic hydroxyl groups excluding tert-OH is 1. The van der Waals surface area contributed by atoms with Gasteiger partial charge in [0.2, 0.25) is 5.95 Å². The lowest BCUT2D eigenvalue weighted by atomic mass is 10.2. The number of aliphatic hydroxyl groups is 1. The van der Waals surface area contributed by atoms with Gasteiger partial charge < -0.3 is 19.3 Å². The van der Waals surface area contributed by atoms with Gasteiger partial charge in [-0.3, -0.25) is 19.2 Å². The van der Waals surface area contributed by atoms with Crippen LogP contribution in [0, 0.1) is 0 Å². The summed E-state index contributed by atoms with van der Waals surface area (Å²) in [5.41, 5.74) is -0.122. The van der Waals surface area contributed by atoms with Crippen molar-refractivity contribution in [1.82, 2.24) is 24.0 Å². The Kier molecular flexibility index (Phi) is 7.87. The fourth-order valence-electron chi connectivity index (χ4n) is 4.09. The average molecular weight is 665 g/mol. The predicted molar refractivity (Wildman–Crippen MR) is 141 cm³/mol. The normalized spacial score (nSPS) is 15.8. The number of ether oxygens (including phenoxy) is 1. The quantitative estimate of drug-likeness (QED) is 0.399. The van der Waals surface area contributed by atoms with Crippen molar-refractivity contribution in [2.75, 3.05) is 44.2 Å². The first-order chi connectivity index (χ1) is 16.2. The Labute approximate surface area is 220 Å². The van der Waals surface area contributed by atoms with Gasteiger partial charge >= 0.3 is 5.69 Å². The molecule has 10 nitrogen and oxygen atoms in total. The lowest BCUT2D eigenvalue weighted by molar-refractivity contribution is 0.0656. The molecule has 184 valence electrons. The van der Waals surface area contributed by atoms with Crippen molar-refractivity contribution < 1.29 is 9.84 Å². The van der Waals surface area contributed by atoms with Crippen molar-refractivity contribution >= 4 is 64.9 Å². The second-order valence-corrected chi connectivity index (χ2v) is 10.7. The molecule has 0 aliphatic carbocycles. The van der Waals surface area contributed by atoms with E-state index in [1.807, 2.05) is 23.6 Å². The van der Waals surface area contributed by atoms with E-state index in [0.29, 0.717) is 49.0 Å². The zero-order chi connectivity index (χ0) is 24.6. The SMILES string of the molecule is CCn1c(N2CCN(C[C@H](O)COc3c(Br)cc(Br)cc3Br)CC2)nc2c1c(=O)[nH]c(=O)n2C. The number of benzene rings is 1. The molecule has 1 aromatic carbocycles. The molecule has 0 spiro atoms. The van der Waals surface area contributed by atoms with Crippen LogP contribution >= 0.6 is 47.8 Å². The molecule has 0 saturated carbocycles. The molecule has 4 rings (SSSR count). The summed E-state index contributed by atoms with van der Waals surface area (Å²) in [6.07, 6.45) is -0.651. The van der Waals surface area contributed by atoms with Crippen LogP contribution in [-0.2, 0) is 13.6 Å². The van der Waals surface area contributed by atoms with E-state index in [0.717, 1.165) is 26.5 Å². The molecular formula is C21H25Br3N6O4. The Bertz CT molecular complexity index is 1290. The van der Waals surface area contributed by atoms with E-state index < -0.39 is 17.4 Å². The maximum absolute atomic E-state index is 12.4. The van der Waals surface area contributed by atoms with E-state index in [4.69, 9.17) is 4.74 Å². The standard InChI is InChI=1S/C21H25Br3N6O4/c1-3-30-16-18(27(2)21(33)26-19(16)32)25-20(30)29-6-4-28(5-7-29)10-13(31)11-34-17-14(23)8-12(22)9-15(17)24/h8-9,13,31H,3-7,10-11H2,1-2H3,(H,26,32,33)/t13-/m0/s1. The lowest BCUT2D eigenvalue weighted by Crippen LogP contribution is -2.50. The van der Waals surface area contributed by atoms with Gasteiger partial charge in [-0.2, -0.15) is 4.98 Å². The van der Waals surface area contributed by atoms with Gasteiger partial charge in [0, 0.05) is 50.8 Å². The fourth-order valence-corrected chi connectivity index (χ4v) is 6.58. The number of hydrogen-bond acceptors (Lipinski definition) is 7. The van der Waals surface area contributed by atoms with E-state index >= 15 is 0 Å². The first kappa shape index (κ1) is 25.4. The summed E-state index contributed by atoms with van der Waals surface area (Å²) in [5.74, 6) is 1.33. The van der Waals surface area contributed by atoms with Crippen LogP contribution in [0.3, 0.4) is 0 Å². The van der Waals surface area contributed by atoms with Gasteiger partial charge in [-0.05, 0) is 50.9 Å². The maximum Gasteiger partial charge on any atom is 0.329 e. The number of aryl methyl sites for hydroxylation is 2. The van der Waals surface area contributed by atoms with E-state index in [2.05, 4.69) is 67.6 Å². The molecule has 0 amide bonds. The Hall–Kier alpha value is -1.67. The second kappa shape index (κ2) is 10.5. The highest BCUT2D eigenvalue weighted by molar-refractivity contribution is 9.11. The van der Waals surface area contributed by atoms with Gasteiger partial charge in [0.15, 0.2) is 11.2 Å². The van der Waals surface area contributed by atoms with Crippen LogP contribution in [0.1, 0.15) is 6.92 Å². The number of nitrogens with one attached hydrogen (secondary N) is 1. The molecule has 3 heterocycles. The number of fused-ring (bicyclic) bond motifs is 1. The molecule has 13 heteroatoms. The minimum atomic E-state index is -0.651. The Morgan fingerprint density at radius 3 is 2.41 bits per heavy atom. The number of H-pyrrole nitrogens is 1. The lowest BCUT2D eigenvalue weighted by Gasteiger charge is -2.36. The first-order valence-corrected chi connectivity index (χ1v) is 13.2. The Balaban J connectivity index is 1.39. The zero-order valence-electron chi connectivity index (χ0n) is 18.7. The van der Waals surface area contributed by atoms with E-state index in [1.165, 1.54) is 4.57 Å². The number of aromatic amines is 1. The van der Waals surface area contributed by atoms with Crippen molar-refractivity contribution in [3.63, 3.8) is 0 Å². The van der Waals surface area contributed by atoms with Crippen molar-refractivity contribution in [3.05, 3.63) is 46.4 Å². The number of imidazole rings is 1. The largest absolute Gasteiger partial charge is 0.488 e. The first-order valence-electron chi connectivity index (χ1n) is 10.8. The van der Waals surface area contributed by atoms with Crippen LogP contribution < -0.4 is 20.9 Å². The summed E-state index contributed by atoms with van der Waals surface area (Å²) in [7, 11) is 1.60. The molecule has 2 N–H and O–H groups in total. The van der Waals surface area contributed by atoms with Crippen LogP contribution in [-0.4, -0.2) is 74.5 Å². The molecule has 0 unspecified atom stereocenters. The topological polar surface area (TPSA) is 109 Å². The predicted octanol–water partition coefficient (Wildman–Crippen LogP) is 2.29. The van der Waals surface area contributed by atoms with Gasteiger partial charge in [0.25, 0.3) is 5.56 Å². The van der Waals surface area contributed by atoms with E-state index in [9.17, 15) is 14.7 Å². The number of hydrogen-bond donors (Lipinski definition) is 2. The summed E-state index contributed by atoms with van der Waals surface area (Å²) in [6.45, 7) is 5.99. The molecular weight excluding hydrogens is 640 g/mol. The van der Waals surface area contributed by atoms with Crippen molar-refractivity contribution in [1.29, 1.82) is 0 Å². The average Bonchev–Trinajstić information content (AvgIpc) is 3.17. The summed E-state index contributed by atoms with van der Waals surface area (Å²) < 4.78 is 11.6. The summed E-state index contributed by atoms with van der Waals surface area (Å²) >= 11 is 10.4. The maximum atomic E-state index is 12.4. The number of halogens is 3. The molecule has 0 bridgehead atoms. The van der Waals surface area contributed by atoms with Crippen molar-refractivity contribution in [2.45, 2.75) is 19.6 Å². The number of piperazine rings is 1. The third-order valence-corrected chi connectivity index (χ3v) is 7.45. The van der Waals surface area contributed by atoms with E-state index in [-0.39, 0.29) is 6.61 Å². The minimum absolute atomic E-state index is 0.168. The highest BCUT2D eigenvalue weighted by Crippen LogP contribution is 2.36. The fraction of sp³-hybridized carbons (Fsp3) is 0.476. The Morgan fingerprint density at radius 1 is 1.15 bits per heavy atom. The summed E-state index contributed by atoms with van der Waals surface area (Å²) in [5, 5.41) is 10.5. The highest BCUT2D eigenvalue weighted by Gasteiger charge is 2.25. The van der Waals surface area contributed by atoms with Crippen LogP contribution in [0.5, 0.6) is 5.75 Å². The Morgan fingerprint density at radius 2 is 1.79 bits per heavy atom. The van der Waals surface area contributed by atoms with Gasteiger partial charge in [0.1, 0.15) is 18.5 Å². The van der Waals surface area contributed by atoms with Gasteiger partial charge in [-0.1, -0.05) is 15.9 Å². The number of aromatic nitrogens is 4. The van der Waals surface area contributed by atoms with Gasteiger partial charge in [0.05, 0.1) is 8.95 Å². The number of nitrogens with zero attached hydrogens (tertiary/aromatic N) is 5. The molecule has 1 atom stereocenters. The van der Waals surface area contributed by atoms with Crippen LogP contribution in [0.15, 0.2) is 35.1 Å². The van der Waals surface area contributed by atoms with Crippen LogP contribution in [0.2, 0.25) is 0 Å². The minimum Gasteiger partial charge on any atom is -0.488 e. The zero-order valence-corrected chi connectivity index (χ0v) is 23.5. The molecule has 3 aromatic rings. The third-order valence-electron chi connectivity index (χ3n) is 5.81. The molecule has 2 aromatic heterocycles. The molecule has 1 aliphatic heterocycles. The molecule has 34 heavy (non-hydrogen) atoms.